The van der Waals surface area contributed by atoms with Gasteiger partial charge in [0, 0.05) is 16.9 Å². The van der Waals surface area contributed by atoms with Crippen LogP contribution in [0, 0.1) is 11.7 Å². The average molecular weight is 290 g/mol. The monoisotopic (exact) mass is 289 g/mol. The number of oxime groups is 1. The van der Waals surface area contributed by atoms with Gasteiger partial charge in [-0.3, -0.25) is 0 Å². The van der Waals surface area contributed by atoms with Crippen LogP contribution in [0.4, 0.5) is 10.1 Å². The lowest BCUT2D eigenvalue weighted by atomic mass is 10.1. The van der Waals surface area contributed by atoms with E-state index in [9.17, 15) is 4.39 Å². The summed E-state index contributed by atoms with van der Waals surface area (Å²) >= 11 is 3.17. The number of anilines is 1. The van der Waals surface area contributed by atoms with Crippen LogP contribution in [0.2, 0.25) is 0 Å². The molecule has 0 aromatic heterocycles. The molecular weight excluding hydrogens is 277 g/mol. The number of nitrogens with one attached hydrogen (secondary N) is 1. The molecule has 1 atom stereocenters. The maximum Gasteiger partial charge on any atom is 0.147 e. The lowest BCUT2D eigenvalue weighted by Crippen LogP contribution is -2.27. The van der Waals surface area contributed by atoms with Crippen molar-refractivity contribution in [2.45, 2.75) is 6.92 Å². The normalized spacial score (nSPS) is 13.6. The first-order valence-electron chi connectivity index (χ1n) is 4.71. The van der Waals surface area contributed by atoms with Crippen LogP contribution in [-0.2, 0) is 0 Å². The van der Waals surface area contributed by atoms with Crippen LogP contribution in [0.25, 0.3) is 0 Å². The molecule has 0 aliphatic heterocycles. The topological polar surface area (TPSA) is 70.6 Å². The van der Waals surface area contributed by atoms with Crippen LogP contribution >= 0.6 is 15.9 Å². The van der Waals surface area contributed by atoms with Gasteiger partial charge < -0.3 is 16.3 Å². The molecule has 1 aromatic rings. The fourth-order valence-corrected chi connectivity index (χ4v) is 1.43. The van der Waals surface area contributed by atoms with Crippen LogP contribution < -0.4 is 11.1 Å². The summed E-state index contributed by atoms with van der Waals surface area (Å²) in [5, 5.41) is 14.2. The molecule has 0 fully saturated rings. The molecule has 0 aliphatic carbocycles. The number of hydrogen-bond donors (Lipinski definition) is 3. The van der Waals surface area contributed by atoms with Crippen LogP contribution in [0.15, 0.2) is 27.8 Å². The Morgan fingerprint density at radius 2 is 2.38 bits per heavy atom. The fourth-order valence-electron chi connectivity index (χ4n) is 1.10. The summed E-state index contributed by atoms with van der Waals surface area (Å²) < 4.78 is 14.1. The van der Waals surface area contributed by atoms with Crippen molar-refractivity contribution in [2.75, 3.05) is 11.9 Å². The van der Waals surface area contributed by atoms with Gasteiger partial charge in [-0.1, -0.05) is 28.0 Å². The van der Waals surface area contributed by atoms with E-state index < -0.39 is 0 Å². The van der Waals surface area contributed by atoms with E-state index in [0.717, 1.165) is 0 Å². The van der Waals surface area contributed by atoms with Crippen LogP contribution in [0.1, 0.15) is 6.92 Å². The van der Waals surface area contributed by atoms with Gasteiger partial charge in [0.25, 0.3) is 0 Å². The summed E-state index contributed by atoms with van der Waals surface area (Å²) in [7, 11) is 0. The van der Waals surface area contributed by atoms with Gasteiger partial charge in [-0.25, -0.2) is 4.39 Å². The molecule has 6 heteroatoms. The molecule has 0 saturated heterocycles. The lowest BCUT2D eigenvalue weighted by molar-refractivity contribution is 0.315. The maximum atomic E-state index is 13.4. The van der Waals surface area contributed by atoms with Crippen molar-refractivity contribution in [3.63, 3.8) is 0 Å². The number of amidine groups is 1. The minimum Gasteiger partial charge on any atom is -0.409 e. The van der Waals surface area contributed by atoms with Gasteiger partial charge in [-0.2, -0.15) is 0 Å². The standard InChI is InChI=1S/C10H13BrFN3O/c1-6(10(13)15-16)5-14-9-3-2-7(11)4-8(9)12/h2-4,6,14,16H,5H2,1H3,(H2,13,15). The number of hydrogen-bond acceptors (Lipinski definition) is 3. The largest absolute Gasteiger partial charge is 0.409 e. The highest BCUT2D eigenvalue weighted by atomic mass is 79.9. The molecule has 1 unspecified atom stereocenters. The van der Waals surface area contributed by atoms with Gasteiger partial charge in [0.15, 0.2) is 0 Å². The molecule has 0 heterocycles. The van der Waals surface area contributed by atoms with Crippen LogP contribution in [0.5, 0.6) is 0 Å². The summed E-state index contributed by atoms with van der Waals surface area (Å²) in [6.07, 6.45) is 0. The van der Waals surface area contributed by atoms with Gasteiger partial charge in [-0.05, 0) is 18.2 Å². The van der Waals surface area contributed by atoms with Gasteiger partial charge in [0.1, 0.15) is 11.7 Å². The molecule has 16 heavy (non-hydrogen) atoms. The summed E-state index contributed by atoms with van der Waals surface area (Å²) in [4.78, 5) is 0. The van der Waals surface area contributed by atoms with E-state index in [4.69, 9.17) is 10.9 Å². The van der Waals surface area contributed by atoms with Gasteiger partial charge in [0.05, 0.1) is 5.69 Å². The van der Waals surface area contributed by atoms with Crippen molar-refractivity contribution in [3.8, 4) is 0 Å². The third kappa shape index (κ3) is 3.37. The van der Waals surface area contributed by atoms with E-state index in [0.29, 0.717) is 16.7 Å². The highest BCUT2D eigenvalue weighted by Gasteiger charge is 2.08. The third-order valence-corrected chi connectivity index (χ3v) is 2.64. The van der Waals surface area contributed by atoms with Crippen LogP contribution in [0.3, 0.4) is 0 Å². The lowest BCUT2D eigenvalue weighted by Gasteiger charge is -2.12. The van der Waals surface area contributed by atoms with Crippen molar-refractivity contribution in [1.82, 2.24) is 0 Å². The van der Waals surface area contributed by atoms with Gasteiger partial charge >= 0.3 is 0 Å². The fraction of sp³-hybridized carbons (Fsp3) is 0.300. The van der Waals surface area contributed by atoms with Crippen molar-refractivity contribution in [3.05, 3.63) is 28.5 Å². The van der Waals surface area contributed by atoms with Crippen molar-refractivity contribution in [1.29, 1.82) is 0 Å². The Morgan fingerprint density at radius 1 is 1.69 bits per heavy atom. The molecule has 1 rings (SSSR count). The van der Waals surface area contributed by atoms with Crippen molar-refractivity contribution in [2.24, 2.45) is 16.8 Å². The Labute approximate surface area is 101 Å². The Kier molecular flexibility index (Phi) is 4.54. The molecule has 0 spiro atoms. The van der Waals surface area contributed by atoms with E-state index >= 15 is 0 Å². The molecule has 4 nitrogen and oxygen atoms in total. The van der Waals surface area contributed by atoms with Gasteiger partial charge in [0.2, 0.25) is 0 Å². The minimum atomic E-state index is -0.346. The summed E-state index contributed by atoms with van der Waals surface area (Å²) in [6.45, 7) is 2.17. The average Bonchev–Trinajstić information content (AvgIpc) is 2.26. The van der Waals surface area contributed by atoms with Crippen molar-refractivity contribution >= 4 is 27.5 Å². The Bertz CT molecular complexity index is 398. The molecule has 88 valence electrons. The Morgan fingerprint density at radius 3 is 2.94 bits per heavy atom. The highest BCUT2D eigenvalue weighted by Crippen LogP contribution is 2.19. The van der Waals surface area contributed by atoms with E-state index in [1.807, 2.05) is 0 Å². The summed E-state index contributed by atoms with van der Waals surface area (Å²) in [5.41, 5.74) is 5.79. The number of nitrogens with two attached hydrogens (primary N) is 1. The predicted molar refractivity (Wildman–Crippen MR) is 65.2 cm³/mol. The molecule has 0 aliphatic rings. The van der Waals surface area contributed by atoms with Crippen molar-refractivity contribution < 1.29 is 9.60 Å². The zero-order valence-corrected chi connectivity index (χ0v) is 10.3. The Balaban J connectivity index is 2.61. The quantitative estimate of drug-likeness (QED) is 0.345. The highest BCUT2D eigenvalue weighted by molar-refractivity contribution is 9.10. The molecule has 0 radical (unpaired) electrons. The zero-order valence-electron chi connectivity index (χ0n) is 8.74. The second kappa shape index (κ2) is 5.69. The number of nitrogens with zero attached hydrogens (tertiary/aromatic N) is 1. The number of benzene rings is 1. The van der Waals surface area contributed by atoms with E-state index in [-0.39, 0.29) is 17.6 Å². The molecule has 0 amide bonds. The van der Waals surface area contributed by atoms with Gasteiger partial charge in [-0.15, -0.1) is 0 Å². The second-order valence-corrected chi connectivity index (χ2v) is 4.35. The summed E-state index contributed by atoms with van der Waals surface area (Å²) in [5.74, 6) is -0.404. The third-order valence-electron chi connectivity index (χ3n) is 2.15. The molecule has 0 saturated carbocycles. The zero-order chi connectivity index (χ0) is 12.1. The van der Waals surface area contributed by atoms with Crippen LogP contribution in [-0.4, -0.2) is 17.6 Å². The Hall–Kier alpha value is -1.30. The minimum absolute atomic E-state index is 0.116. The summed E-state index contributed by atoms with van der Waals surface area (Å²) in [6, 6.07) is 4.73. The smallest absolute Gasteiger partial charge is 0.147 e. The molecular formula is C10H13BrFN3O. The van der Waals surface area contributed by atoms with E-state index in [2.05, 4.69) is 26.4 Å². The first-order chi connectivity index (χ1) is 7.54. The molecule has 4 N–H and O–H groups in total. The predicted octanol–water partition coefficient (Wildman–Crippen LogP) is 2.38. The number of halogens is 2. The van der Waals surface area contributed by atoms with E-state index in [1.54, 1.807) is 19.1 Å². The molecule has 0 bridgehead atoms. The maximum absolute atomic E-state index is 13.4. The first kappa shape index (κ1) is 12.8. The molecule has 1 aromatic carbocycles. The van der Waals surface area contributed by atoms with E-state index in [1.165, 1.54) is 6.07 Å². The first-order valence-corrected chi connectivity index (χ1v) is 5.50. The number of rotatable bonds is 4. The second-order valence-electron chi connectivity index (χ2n) is 3.43. The SMILES string of the molecule is CC(CNc1ccc(Br)cc1F)C(N)=NO.